The molecule has 1 N–H and O–H groups in total. The molecule has 0 bridgehead atoms. The molecule has 3 aromatic rings. The summed E-state index contributed by atoms with van der Waals surface area (Å²) in [6, 6.07) is 13.6. The van der Waals surface area contributed by atoms with E-state index in [1.54, 1.807) is 36.4 Å². The lowest BCUT2D eigenvalue weighted by molar-refractivity contribution is 0.0476. The van der Waals surface area contributed by atoms with E-state index >= 15 is 0 Å². The molecule has 0 spiro atoms. The number of benzene rings is 1. The quantitative estimate of drug-likeness (QED) is 0.463. The average Bonchev–Trinajstić information content (AvgIpc) is 3.37. The third-order valence-electron chi connectivity index (χ3n) is 3.72. The monoisotopic (exact) mass is 399 g/mol. The summed E-state index contributed by atoms with van der Waals surface area (Å²) in [5.41, 5.74) is 0.757. The van der Waals surface area contributed by atoms with Gasteiger partial charge in [0.15, 0.2) is 6.61 Å². The number of amides is 1. The van der Waals surface area contributed by atoms with Crippen LogP contribution in [0.3, 0.4) is 0 Å². The van der Waals surface area contributed by atoms with Crippen molar-refractivity contribution in [3.63, 3.8) is 0 Å². The molecule has 7 heteroatoms. The van der Waals surface area contributed by atoms with Crippen LogP contribution in [-0.2, 0) is 11.2 Å². The number of nitrogens with one attached hydrogen (secondary N) is 1. The van der Waals surface area contributed by atoms with Crippen LogP contribution in [0.15, 0.2) is 53.9 Å². The fourth-order valence-electron chi connectivity index (χ4n) is 2.33. The second-order valence-electron chi connectivity index (χ2n) is 5.63. The highest BCUT2D eigenvalue weighted by Crippen LogP contribution is 2.18. The zero-order valence-electron chi connectivity index (χ0n) is 14.6. The van der Waals surface area contributed by atoms with Crippen LogP contribution in [0, 0.1) is 0 Å². The Morgan fingerprint density at radius 2 is 1.89 bits per heavy atom. The molecule has 138 valence electrons. The van der Waals surface area contributed by atoms with Crippen molar-refractivity contribution in [3.8, 4) is 0 Å². The molecule has 2 aromatic heterocycles. The van der Waals surface area contributed by atoms with Gasteiger partial charge in [-0.2, -0.15) is 0 Å². The zero-order valence-corrected chi connectivity index (χ0v) is 16.2. The highest BCUT2D eigenvalue weighted by atomic mass is 32.1. The lowest BCUT2D eigenvalue weighted by Crippen LogP contribution is -2.14. The Bertz CT molecular complexity index is 960. The number of hydrogen-bond donors (Lipinski definition) is 1. The van der Waals surface area contributed by atoms with Crippen molar-refractivity contribution in [1.82, 2.24) is 0 Å². The second-order valence-corrected chi connectivity index (χ2v) is 7.75. The van der Waals surface area contributed by atoms with E-state index in [0.717, 1.165) is 11.3 Å². The maximum Gasteiger partial charge on any atom is 0.338 e. The van der Waals surface area contributed by atoms with E-state index in [4.69, 9.17) is 4.74 Å². The van der Waals surface area contributed by atoms with Crippen LogP contribution in [0.4, 0.5) is 5.69 Å². The molecule has 1 aromatic carbocycles. The molecule has 0 saturated carbocycles. The maximum absolute atomic E-state index is 12.2. The summed E-state index contributed by atoms with van der Waals surface area (Å²) < 4.78 is 5.13. The minimum absolute atomic E-state index is 0.227. The van der Waals surface area contributed by atoms with Crippen molar-refractivity contribution in [1.29, 1.82) is 0 Å². The Hall–Kier alpha value is -2.77. The number of aryl methyl sites for hydroxylation is 1. The van der Waals surface area contributed by atoms with E-state index in [9.17, 15) is 14.4 Å². The molecule has 0 unspecified atom stereocenters. The van der Waals surface area contributed by atoms with Gasteiger partial charge in [0.05, 0.1) is 15.3 Å². The Kier molecular flexibility index (Phi) is 6.16. The van der Waals surface area contributed by atoms with E-state index in [-0.39, 0.29) is 23.9 Å². The predicted molar refractivity (Wildman–Crippen MR) is 107 cm³/mol. The van der Waals surface area contributed by atoms with E-state index in [1.807, 2.05) is 18.4 Å². The molecule has 0 fully saturated rings. The fourth-order valence-corrected chi connectivity index (χ4v) is 3.82. The first-order chi connectivity index (χ1) is 13.1. The van der Waals surface area contributed by atoms with Crippen molar-refractivity contribution in [2.24, 2.45) is 0 Å². The summed E-state index contributed by atoms with van der Waals surface area (Å²) in [5.74, 6) is -1.08. The first kappa shape index (κ1) is 19.0. The largest absolute Gasteiger partial charge is 0.454 e. The minimum atomic E-state index is -0.608. The average molecular weight is 399 g/mol. The van der Waals surface area contributed by atoms with Gasteiger partial charge >= 0.3 is 5.97 Å². The predicted octanol–water partition coefficient (Wildman–Crippen LogP) is 4.66. The number of thiophene rings is 2. The van der Waals surface area contributed by atoms with Crippen LogP contribution in [0.2, 0.25) is 0 Å². The van der Waals surface area contributed by atoms with E-state index < -0.39 is 5.97 Å². The Morgan fingerprint density at radius 1 is 1.04 bits per heavy atom. The summed E-state index contributed by atoms with van der Waals surface area (Å²) in [6.45, 7) is 1.71. The van der Waals surface area contributed by atoms with E-state index in [1.165, 1.54) is 28.7 Å². The molecule has 0 saturated heterocycles. The summed E-state index contributed by atoms with van der Waals surface area (Å²) in [4.78, 5) is 38.7. The maximum atomic E-state index is 12.2. The van der Waals surface area contributed by atoms with Gasteiger partial charge < -0.3 is 10.1 Å². The van der Waals surface area contributed by atoms with E-state index in [2.05, 4.69) is 5.32 Å². The van der Waals surface area contributed by atoms with Gasteiger partial charge in [-0.3, -0.25) is 9.59 Å². The van der Waals surface area contributed by atoms with Gasteiger partial charge in [0.2, 0.25) is 5.78 Å². The van der Waals surface area contributed by atoms with Crippen LogP contribution >= 0.6 is 22.7 Å². The number of esters is 1. The number of hydrogen-bond acceptors (Lipinski definition) is 6. The van der Waals surface area contributed by atoms with Gasteiger partial charge in [0.1, 0.15) is 0 Å². The first-order valence-corrected chi connectivity index (χ1v) is 10.0. The summed E-state index contributed by atoms with van der Waals surface area (Å²) in [7, 11) is 0. The highest BCUT2D eigenvalue weighted by Gasteiger charge is 2.14. The molecule has 3 rings (SSSR count). The summed E-state index contributed by atoms with van der Waals surface area (Å²) in [6.07, 6.45) is 0.863. The van der Waals surface area contributed by atoms with Crippen molar-refractivity contribution in [2.75, 3.05) is 11.9 Å². The van der Waals surface area contributed by atoms with E-state index in [0.29, 0.717) is 15.4 Å². The minimum Gasteiger partial charge on any atom is -0.454 e. The van der Waals surface area contributed by atoms with Gasteiger partial charge in [-0.1, -0.05) is 19.1 Å². The molecule has 1 amide bonds. The number of Topliss-reactive ketones (excluding diaryl/α,β-unsaturated/α-hetero) is 1. The molecular weight excluding hydrogens is 382 g/mol. The second kappa shape index (κ2) is 8.75. The summed E-state index contributed by atoms with van der Waals surface area (Å²) in [5, 5.41) is 4.55. The van der Waals surface area contributed by atoms with Gasteiger partial charge in [0, 0.05) is 10.6 Å². The molecular formula is C20H17NO4S2. The number of carbonyl (C=O) groups is 3. The highest BCUT2D eigenvalue weighted by molar-refractivity contribution is 7.14. The SMILES string of the molecule is CCc1ccc(C(=O)COC(=O)c2cccc(NC(=O)c3cccs3)c2)s1. The normalized spacial score (nSPS) is 10.4. The van der Waals surface area contributed by atoms with Crippen LogP contribution in [0.1, 0.15) is 41.5 Å². The number of carbonyl (C=O) groups excluding carboxylic acids is 3. The number of ether oxygens (including phenoxy) is 1. The Labute approximate surface area is 164 Å². The van der Waals surface area contributed by atoms with Crippen molar-refractivity contribution in [3.05, 3.63) is 74.1 Å². The Morgan fingerprint density at radius 3 is 2.59 bits per heavy atom. The molecule has 0 atom stereocenters. The summed E-state index contributed by atoms with van der Waals surface area (Å²) >= 11 is 2.74. The van der Waals surface area contributed by atoms with Gasteiger partial charge in [-0.15, -0.1) is 22.7 Å². The van der Waals surface area contributed by atoms with Crippen LogP contribution < -0.4 is 5.32 Å². The first-order valence-electron chi connectivity index (χ1n) is 8.30. The van der Waals surface area contributed by atoms with Crippen LogP contribution in [0.5, 0.6) is 0 Å². The molecule has 2 heterocycles. The van der Waals surface area contributed by atoms with Crippen molar-refractivity contribution in [2.45, 2.75) is 13.3 Å². The fraction of sp³-hybridized carbons (Fsp3) is 0.150. The van der Waals surface area contributed by atoms with Crippen LogP contribution in [-0.4, -0.2) is 24.3 Å². The standard InChI is InChI=1S/C20H17NO4S2/c1-2-15-8-9-17(27-15)16(22)12-25-20(24)13-5-3-6-14(11-13)21-19(23)18-7-4-10-26-18/h3-11H,2,12H2,1H3,(H,21,23). The molecule has 27 heavy (non-hydrogen) atoms. The Balaban J connectivity index is 1.59. The lowest BCUT2D eigenvalue weighted by atomic mass is 10.2. The molecule has 0 aliphatic heterocycles. The molecule has 0 aliphatic carbocycles. The third-order valence-corrected chi connectivity index (χ3v) is 5.86. The molecule has 0 aliphatic rings. The van der Waals surface area contributed by atoms with Gasteiger partial charge in [0.25, 0.3) is 5.91 Å². The van der Waals surface area contributed by atoms with Gasteiger partial charge in [-0.25, -0.2) is 4.79 Å². The van der Waals surface area contributed by atoms with Crippen LogP contribution in [0.25, 0.3) is 0 Å². The third kappa shape index (κ3) is 4.90. The smallest absolute Gasteiger partial charge is 0.338 e. The van der Waals surface area contributed by atoms with Crippen molar-refractivity contribution >= 4 is 46.0 Å². The topological polar surface area (TPSA) is 72.5 Å². The lowest BCUT2D eigenvalue weighted by Gasteiger charge is -2.07. The van der Waals surface area contributed by atoms with Gasteiger partial charge in [-0.05, 0) is 48.2 Å². The number of ketones is 1. The number of rotatable bonds is 7. The van der Waals surface area contributed by atoms with Crippen molar-refractivity contribution < 1.29 is 19.1 Å². The zero-order chi connectivity index (χ0) is 19.2. The number of anilines is 1. The molecule has 0 radical (unpaired) electrons. The molecule has 5 nitrogen and oxygen atoms in total.